The number of carbonyl (C=O) groups is 2. The third kappa shape index (κ3) is 4.57. The quantitative estimate of drug-likeness (QED) is 0.751. The van der Waals surface area contributed by atoms with Gasteiger partial charge in [0.25, 0.3) is 0 Å². The van der Waals surface area contributed by atoms with Crippen LogP contribution in [0.4, 0.5) is 0 Å². The number of hydrogen-bond donors (Lipinski definition) is 0. The van der Waals surface area contributed by atoms with E-state index in [-0.39, 0.29) is 17.7 Å². The molecule has 5 nitrogen and oxygen atoms in total. The molecule has 0 aromatic heterocycles. The number of hydrogen-bond acceptors (Lipinski definition) is 3. The first-order valence-corrected chi connectivity index (χ1v) is 11.1. The van der Waals surface area contributed by atoms with Gasteiger partial charge in [0.2, 0.25) is 11.8 Å². The summed E-state index contributed by atoms with van der Waals surface area (Å²) in [5, 5.41) is 0. The Morgan fingerprint density at radius 3 is 2.29 bits per heavy atom. The maximum atomic E-state index is 13.0. The van der Waals surface area contributed by atoms with E-state index in [9.17, 15) is 9.59 Å². The summed E-state index contributed by atoms with van der Waals surface area (Å²) in [7, 11) is 0. The highest BCUT2D eigenvalue weighted by Crippen LogP contribution is 2.29. The van der Waals surface area contributed by atoms with Crippen molar-refractivity contribution >= 4 is 11.8 Å². The van der Waals surface area contributed by atoms with Crippen LogP contribution in [0, 0.1) is 5.92 Å². The number of benzene rings is 1. The minimum Gasteiger partial charge on any atom is -0.340 e. The summed E-state index contributed by atoms with van der Waals surface area (Å²) in [6, 6.07) is 10.9. The molecule has 28 heavy (non-hydrogen) atoms. The zero-order valence-electron chi connectivity index (χ0n) is 16.9. The van der Waals surface area contributed by atoms with Crippen molar-refractivity contribution in [3.63, 3.8) is 0 Å². The van der Waals surface area contributed by atoms with Crippen LogP contribution in [0.5, 0.6) is 0 Å². The molecule has 1 atom stereocenters. The van der Waals surface area contributed by atoms with Gasteiger partial charge in [0.1, 0.15) is 0 Å². The average Bonchev–Trinajstić information content (AvgIpc) is 2.92. The van der Waals surface area contributed by atoms with Gasteiger partial charge >= 0.3 is 0 Å². The van der Waals surface area contributed by atoms with Crippen molar-refractivity contribution in [2.75, 3.05) is 32.7 Å². The lowest BCUT2D eigenvalue weighted by molar-refractivity contribution is -0.137. The smallest absolute Gasteiger partial charge is 0.228 e. The van der Waals surface area contributed by atoms with Crippen molar-refractivity contribution < 1.29 is 9.59 Å². The van der Waals surface area contributed by atoms with Crippen molar-refractivity contribution in [1.29, 1.82) is 0 Å². The Hall–Kier alpha value is -1.88. The molecule has 1 aromatic rings. The molecule has 3 fully saturated rings. The first kappa shape index (κ1) is 19.4. The van der Waals surface area contributed by atoms with Gasteiger partial charge in [-0.2, -0.15) is 0 Å². The van der Waals surface area contributed by atoms with Gasteiger partial charge in [-0.25, -0.2) is 0 Å². The molecule has 2 heterocycles. The van der Waals surface area contributed by atoms with Crippen LogP contribution in [-0.2, 0) is 16.1 Å². The fraction of sp³-hybridized carbons (Fsp3) is 0.652. The predicted molar refractivity (Wildman–Crippen MR) is 110 cm³/mol. The molecule has 0 N–H and O–H groups in total. The lowest BCUT2D eigenvalue weighted by Crippen LogP contribution is -2.50. The maximum absolute atomic E-state index is 13.0. The summed E-state index contributed by atoms with van der Waals surface area (Å²) >= 11 is 0. The van der Waals surface area contributed by atoms with Gasteiger partial charge < -0.3 is 9.80 Å². The van der Waals surface area contributed by atoms with Crippen molar-refractivity contribution in [3.8, 4) is 0 Å². The van der Waals surface area contributed by atoms with E-state index in [0.717, 1.165) is 45.6 Å². The Kier molecular flexibility index (Phi) is 6.30. The standard InChI is InChI=1S/C23H33N3O2/c27-22-16-20(18-26(22)21-10-6-1-2-7-11-21)23(28)25-14-12-24(13-15-25)17-19-8-4-3-5-9-19/h3-5,8-9,20-21H,1-2,6-7,10-18H2. The summed E-state index contributed by atoms with van der Waals surface area (Å²) in [6.45, 7) is 4.97. The first-order valence-electron chi connectivity index (χ1n) is 11.1. The van der Waals surface area contributed by atoms with Crippen LogP contribution >= 0.6 is 0 Å². The highest BCUT2D eigenvalue weighted by atomic mass is 16.2. The molecule has 5 heteroatoms. The Balaban J connectivity index is 1.27. The molecule has 0 radical (unpaired) electrons. The molecule has 1 aromatic carbocycles. The van der Waals surface area contributed by atoms with Gasteiger partial charge in [-0.05, 0) is 18.4 Å². The topological polar surface area (TPSA) is 43.9 Å². The van der Waals surface area contributed by atoms with E-state index in [2.05, 4.69) is 29.2 Å². The van der Waals surface area contributed by atoms with E-state index in [1.165, 1.54) is 31.2 Å². The van der Waals surface area contributed by atoms with Crippen LogP contribution in [-0.4, -0.2) is 65.3 Å². The monoisotopic (exact) mass is 383 g/mol. The number of carbonyl (C=O) groups excluding carboxylic acids is 2. The highest BCUT2D eigenvalue weighted by Gasteiger charge is 2.39. The van der Waals surface area contributed by atoms with Crippen LogP contribution in [0.3, 0.4) is 0 Å². The molecule has 2 amide bonds. The highest BCUT2D eigenvalue weighted by molar-refractivity contribution is 5.89. The summed E-state index contributed by atoms with van der Waals surface area (Å²) < 4.78 is 0. The lowest BCUT2D eigenvalue weighted by atomic mass is 10.1. The second kappa shape index (κ2) is 9.08. The molecular weight excluding hydrogens is 350 g/mol. The molecule has 0 spiro atoms. The zero-order valence-corrected chi connectivity index (χ0v) is 16.9. The number of piperazine rings is 1. The van der Waals surface area contributed by atoms with Crippen molar-refractivity contribution in [2.24, 2.45) is 5.92 Å². The molecular formula is C23H33N3O2. The Morgan fingerprint density at radius 1 is 0.929 bits per heavy atom. The molecule has 1 unspecified atom stereocenters. The molecule has 0 bridgehead atoms. The Bertz CT molecular complexity index is 662. The third-order valence-corrected chi connectivity index (χ3v) is 6.71. The molecule has 3 aliphatic rings. The molecule has 1 saturated carbocycles. The molecule has 2 aliphatic heterocycles. The SMILES string of the molecule is O=C(C1CC(=O)N(C2CCCCCC2)C1)N1CCN(Cc2ccccc2)CC1. The number of rotatable bonds is 4. The van der Waals surface area contributed by atoms with Crippen LogP contribution in [0.25, 0.3) is 0 Å². The van der Waals surface area contributed by atoms with E-state index in [1.54, 1.807) is 0 Å². The van der Waals surface area contributed by atoms with E-state index in [0.29, 0.717) is 19.0 Å². The first-order chi connectivity index (χ1) is 13.7. The molecule has 2 saturated heterocycles. The van der Waals surface area contributed by atoms with Crippen LogP contribution in [0.2, 0.25) is 0 Å². The molecule has 152 valence electrons. The third-order valence-electron chi connectivity index (χ3n) is 6.71. The summed E-state index contributed by atoms with van der Waals surface area (Å²) in [5.41, 5.74) is 1.32. The number of amides is 2. The van der Waals surface area contributed by atoms with E-state index in [1.807, 2.05) is 15.9 Å². The predicted octanol–water partition coefficient (Wildman–Crippen LogP) is 2.90. The number of nitrogens with zero attached hydrogens (tertiary/aromatic N) is 3. The van der Waals surface area contributed by atoms with E-state index in [4.69, 9.17) is 0 Å². The number of likely N-dealkylation sites (tertiary alicyclic amines) is 1. The van der Waals surface area contributed by atoms with Gasteiger partial charge in [-0.1, -0.05) is 56.0 Å². The fourth-order valence-electron chi connectivity index (χ4n) is 5.05. The van der Waals surface area contributed by atoms with Crippen molar-refractivity contribution in [1.82, 2.24) is 14.7 Å². The van der Waals surface area contributed by atoms with Gasteiger partial charge in [0, 0.05) is 51.7 Å². The molecule has 1 aliphatic carbocycles. The Morgan fingerprint density at radius 2 is 1.61 bits per heavy atom. The van der Waals surface area contributed by atoms with E-state index >= 15 is 0 Å². The van der Waals surface area contributed by atoms with E-state index < -0.39 is 0 Å². The van der Waals surface area contributed by atoms with Crippen molar-refractivity contribution in [3.05, 3.63) is 35.9 Å². The minimum absolute atomic E-state index is 0.128. The summed E-state index contributed by atoms with van der Waals surface area (Å²) in [4.78, 5) is 32.1. The van der Waals surface area contributed by atoms with Crippen molar-refractivity contribution in [2.45, 2.75) is 57.5 Å². The largest absolute Gasteiger partial charge is 0.340 e. The average molecular weight is 384 g/mol. The lowest BCUT2D eigenvalue weighted by Gasteiger charge is -2.36. The summed E-state index contributed by atoms with van der Waals surface area (Å²) in [6.07, 6.45) is 7.66. The van der Waals surface area contributed by atoms with Gasteiger partial charge in [0.05, 0.1) is 5.92 Å². The van der Waals surface area contributed by atoms with Gasteiger partial charge in [0.15, 0.2) is 0 Å². The maximum Gasteiger partial charge on any atom is 0.228 e. The normalized spacial score (nSPS) is 25.1. The van der Waals surface area contributed by atoms with Gasteiger partial charge in [-0.15, -0.1) is 0 Å². The molecule has 4 rings (SSSR count). The second-order valence-electron chi connectivity index (χ2n) is 8.68. The van der Waals surface area contributed by atoms with Crippen LogP contribution in [0.1, 0.15) is 50.5 Å². The Labute approximate surface area is 168 Å². The zero-order chi connectivity index (χ0) is 19.3. The minimum atomic E-state index is -0.128. The van der Waals surface area contributed by atoms with Gasteiger partial charge in [-0.3, -0.25) is 14.5 Å². The van der Waals surface area contributed by atoms with Crippen LogP contribution in [0.15, 0.2) is 30.3 Å². The second-order valence-corrected chi connectivity index (χ2v) is 8.68. The summed E-state index contributed by atoms with van der Waals surface area (Å²) in [5.74, 6) is 0.272. The fourth-order valence-corrected chi connectivity index (χ4v) is 5.05. The van der Waals surface area contributed by atoms with Crippen LogP contribution < -0.4 is 0 Å².